The predicted molar refractivity (Wildman–Crippen MR) is 348 cm³/mol. The first kappa shape index (κ1) is 79.5. The Morgan fingerprint density at radius 1 is 0.500 bits per heavy atom. The van der Waals surface area contributed by atoms with Gasteiger partial charge >= 0.3 is 17.9 Å². The van der Waals surface area contributed by atoms with Crippen molar-refractivity contribution in [2.24, 2.45) is 33.7 Å². The maximum absolute atomic E-state index is 14.8. The zero-order valence-electron chi connectivity index (χ0n) is 53.4. The average molecular weight is 1380 g/mol. The number of carbonyl (C=O) groups is 13. The molecule has 10 amide bonds. The molecule has 36 heteroatoms. The minimum absolute atomic E-state index is 0.0804. The van der Waals surface area contributed by atoms with Gasteiger partial charge in [0.15, 0.2) is 5.96 Å². The number of carboxylic acids is 3. The number of para-hydroxylation sites is 1. The van der Waals surface area contributed by atoms with E-state index in [9.17, 15) is 93.0 Å². The lowest BCUT2D eigenvalue weighted by atomic mass is 10.0. The van der Waals surface area contributed by atoms with E-state index in [1.54, 1.807) is 24.3 Å². The van der Waals surface area contributed by atoms with Gasteiger partial charge in [-0.1, -0.05) is 48.9 Å². The van der Waals surface area contributed by atoms with E-state index in [4.69, 9.17) is 33.8 Å². The van der Waals surface area contributed by atoms with E-state index < -0.39 is 189 Å². The van der Waals surface area contributed by atoms with Gasteiger partial charge in [-0.2, -0.15) is 0 Å². The summed E-state index contributed by atoms with van der Waals surface area (Å²) in [6.07, 6.45) is -4.17. The van der Waals surface area contributed by atoms with E-state index in [-0.39, 0.29) is 56.1 Å². The third-order valence-electron chi connectivity index (χ3n) is 15.1. The quantitative estimate of drug-likeness (QED) is 0.0112. The molecule has 0 aliphatic heterocycles. The van der Waals surface area contributed by atoms with Gasteiger partial charge in [-0.3, -0.25) is 62.5 Å². The molecule has 36 nitrogen and oxygen atoms in total. The molecule has 98 heavy (non-hydrogen) atoms. The number of nitrogens with one attached hydrogen (secondary N) is 10. The van der Waals surface area contributed by atoms with Gasteiger partial charge in [0.1, 0.15) is 65.9 Å². The number of nitrogens with two attached hydrogens (primary N) is 5. The topological polar surface area (TPSA) is 630 Å². The average Bonchev–Trinajstić information content (AvgIpc) is 1.64. The number of benzene rings is 3. The molecule has 0 radical (unpaired) electrons. The van der Waals surface area contributed by atoms with Crippen LogP contribution in [-0.4, -0.2) is 210 Å². The molecule has 0 bridgehead atoms. The molecular formula is C62H86N16O20. The van der Waals surface area contributed by atoms with Crippen LogP contribution in [0.25, 0.3) is 10.9 Å². The highest BCUT2D eigenvalue weighted by Gasteiger charge is 2.38. The maximum Gasteiger partial charge on any atom is 0.326 e. The highest BCUT2D eigenvalue weighted by atomic mass is 16.4. The van der Waals surface area contributed by atoms with Gasteiger partial charge in [-0.05, 0) is 99.0 Å². The van der Waals surface area contributed by atoms with Crippen LogP contribution in [0.1, 0.15) is 87.8 Å². The van der Waals surface area contributed by atoms with Crippen LogP contribution in [-0.2, 0) is 81.6 Å². The first-order valence-corrected chi connectivity index (χ1v) is 31.0. The summed E-state index contributed by atoms with van der Waals surface area (Å²) in [4.78, 5) is 181. The standard InChI is InChI=1S/C62H86N16O20/c1-31(80)51(78-55(91)41(19-21-48(65)83)71-56(92)44(26-33-13-17-36(82)18-14-33)74-57(93)43(25-32-11-15-35(81)16-12-32)73-52(88)38(64)8-4-5-23-63)60(96)75-45(27-34-29-69-39-9-3-2-7-37(34)39)58(94)70-40(10-6-24-68-62(66)67)53(89)77-47(30-79)59(95)72-42(20-22-49(84)85)54(90)76-46(61(97)98)28-50(86)87/h2-3,7,9,11-18,29,31,38,40-47,51,69,79-82H,4-6,8,10,19-28,30,63-64H2,1H3,(H2,65,83)(H,70,94)(H,71,92)(H,72,95)(H,73,88)(H,74,93)(H,75,96)(H,76,90)(H,77,89)(H,78,91)(H,84,85)(H,86,87)(H,97,98)(H4,66,67,68)/t31-,38+,40+,41+,42+,43+,44+,45+,46+,47+,51+/m1/s1. The lowest BCUT2D eigenvalue weighted by Gasteiger charge is -2.29. The minimum atomic E-state index is -2.04. The summed E-state index contributed by atoms with van der Waals surface area (Å²) >= 11 is 0. The zero-order valence-corrected chi connectivity index (χ0v) is 53.4. The monoisotopic (exact) mass is 1370 g/mol. The summed E-state index contributed by atoms with van der Waals surface area (Å²) in [5.74, 6) is -16.7. The highest BCUT2D eigenvalue weighted by Crippen LogP contribution is 2.21. The lowest BCUT2D eigenvalue weighted by Crippen LogP contribution is -2.62. The zero-order chi connectivity index (χ0) is 72.8. The number of primary amides is 1. The number of aliphatic carboxylic acids is 3. The van der Waals surface area contributed by atoms with Crippen molar-refractivity contribution < 1.29 is 98.1 Å². The molecule has 0 saturated carbocycles. The van der Waals surface area contributed by atoms with E-state index in [2.05, 4.69) is 52.5 Å². The first-order chi connectivity index (χ1) is 46.4. The molecule has 4 rings (SSSR count). The van der Waals surface area contributed by atoms with Crippen molar-refractivity contribution in [3.05, 3.63) is 95.7 Å². The van der Waals surface area contributed by atoms with Gasteiger partial charge in [0.25, 0.3) is 0 Å². The van der Waals surface area contributed by atoms with E-state index in [0.29, 0.717) is 47.0 Å². The number of unbranched alkanes of at least 4 members (excludes halogenated alkanes) is 1. The second kappa shape index (κ2) is 39.8. The number of aliphatic imine (C=N–C) groups is 1. The van der Waals surface area contributed by atoms with Crippen LogP contribution in [0, 0.1) is 0 Å². The van der Waals surface area contributed by atoms with Crippen molar-refractivity contribution in [1.29, 1.82) is 0 Å². The number of carboxylic acid groups (broad SMARTS) is 3. The van der Waals surface area contributed by atoms with Crippen LogP contribution in [0.5, 0.6) is 11.5 Å². The summed E-state index contributed by atoms with van der Waals surface area (Å²) in [5.41, 5.74) is 30.1. The van der Waals surface area contributed by atoms with Gasteiger partial charge in [0.05, 0.1) is 25.2 Å². The molecule has 3 aromatic carbocycles. The summed E-state index contributed by atoms with van der Waals surface area (Å²) in [7, 11) is 0. The van der Waals surface area contributed by atoms with Crippen molar-refractivity contribution in [2.45, 2.75) is 157 Å². The molecule has 0 fully saturated rings. The molecule has 1 heterocycles. The van der Waals surface area contributed by atoms with Gasteiger partial charge < -0.3 is 117 Å². The number of fused-ring (bicyclic) bond motifs is 1. The number of nitrogens with zero attached hydrogens (tertiary/aromatic N) is 1. The summed E-state index contributed by atoms with van der Waals surface area (Å²) in [5, 5.41) is 91.5. The molecule has 0 aliphatic carbocycles. The van der Waals surface area contributed by atoms with Crippen molar-refractivity contribution in [2.75, 3.05) is 19.7 Å². The van der Waals surface area contributed by atoms with Gasteiger partial charge in [0, 0.05) is 55.7 Å². The second-order valence-electron chi connectivity index (χ2n) is 22.9. The third-order valence-corrected chi connectivity index (χ3v) is 15.1. The highest BCUT2D eigenvalue weighted by molar-refractivity contribution is 5.99. The Hall–Kier alpha value is -11.0. The Bertz CT molecular complexity index is 3460. The minimum Gasteiger partial charge on any atom is -0.508 e. The molecular weight excluding hydrogens is 1290 g/mol. The summed E-state index contributed by atoms with van der Waals surface area (Å²) in [6, 6.07) is 0.543. The van der Waals surface area contributed by atoms with Crippen LogP contribution < -0.4 is 76.5 Å². The number of rotatable bonds is 43. The van der Waals surface area contributed by atoms with Crippen molar-refractivity contribution in [3.63, 3.8) is 0 Å². The van der Waals surface area contributed by atoms with Crippen LogP contribution in [0.15, 0.2) is 84.0 Å². The second-order valence-corrected chi connectivity index (χ2v) is 22.9. The van der Waals surface area contributed by atoms with Gasteiger partial charge in [-0.25, -0.2) is 4.79 Å². The van der Waals surface area contributed by atoms with Crippen molar-refractivity contribution in [1.82, 2.24) is 52.8 Å². The molecule has 0 aliphatic rings. The van der Waals surface area contributed by atoms with E-state index in [1.807, 2.05) is 5.32 Å². The number of aromatic nitrogens is 1. The smallest absolute Gasteiger partial charge is 0.326 e. The van der Waals surface area contributed by atoms with Crippen LogP contribution in [0.2, 0.25) is 0 Å². The molecule has 11 atom stereocenters. The maximum atomic E-state index is 14.8. The van der Waals surface area contributed by atoms with Crippen molar-refractivity contribution in [3.8, 4) is 11.5 Å². The molecule has 1 aromatic heterocycles. The number of carbonyl (C=O) groups excluding carboxylic acids is 10. The number of aromatic hydroxyl groups is 2. The fraction of sp³-hybridized carbons (Fsp3) is 0.452. The molecule has 0 spiro atoms. The fourth-order valence-corrected chi connectivity index (χ4v) is 9.79. The van der Waals surface area contributed by atoms with Crippen LogP contribution in [0.4, 0.5) is 0 Å². The molecule has 0 unspecified atom stereocenters. The number of phenols is 2. The summed E-state index contributed by atoms with van der Waals surface area (Å²) in [6.45, 7) is 0.0456. The Morgan fingerprint density at radius 2 is 0.949 bits per heavy atom. The fourth-order valence-electron chi connectivity index (χ4n) is 9.79. The lowest BCUT2D eigenvalue weighted by molar-refractivity contribution is -0.147. The first-order valence-electron chi connectivity index (χ1n) is 31.0. The SMILES string of the molecule is C[C@@H](O)[C@H](NC(=O)[C@H](CCC(N)=O)NC(=O)[C@H](Cc1ccc(O)cc1)NC(=O)[C@H](Cc1ccc(O)cc1)NC(=O)[C@@H](N)CCCCN)C(=O)N[C@@H](Cc1c[nH]c2ccccc12)C(=O)N[C@@H](CCCN=C(N)N)C(=O)N[C@@H](CO)C(=O)N[C@@H](CCC(=O)O)C(=O)N[C@@H](CC(=O)O)C(=O)O. The Balaban J connectivity index is 1.69. The number of hydrogen-bond donors (Lipinski definition) is 22. The number of hydrogen-bond acceptors (Lipinski definition) is 20. The number of aliphatic hydroxyl groups excluding tert-OH is 2. The number of phenolic OH excluding ortho intramolecular Hbond substituents is 2. The number of amides is 10. The molecule has 4 aromatic rings. The number of aromatic amines is 1. The Kier molecular flexibility index (Phi) is 32.3. The van der Waals surface area contributed by atoms with E-state index in [1.165, 1.54) is 54.7 Å². The van der Waals surface area contributed by atoms with E-state index in [0.717, 1.165) is 6.92 Å². The normalized spacial score (nSPS) is 14.4. The molecule has 0 saturated heterocycles. The largest absolute Gasteiger partial charge is 0.508 e. The Morgan fingerprint density at radius 3 is 1.44 bits per heavy atom. The number of aliphatic hydroxyl groups is 2. The Labute approximate surface area is 560 Å². The number of guanidine groups is 1. The summed E-state index contributed by atoms with van der Waals surface area (Å²) < 4.78 is 0. The van der Waals surface area contributed by atoms with Crippen LogP contribution in [0.3, 0.4) is 0 Å². The predicted octanol–water partition coefficient (Wildman–Crippen LogP) is -5.46. The van der Waals surface area contributed by atoms with Gasteiger partial charge in [0.2, 0.25) is 59.1 Å². The molecule has 27 N–H and O–H groups in total. The third kappa shape index (κ3) is 27.0. The van der Waals surface area contributed by atoms with Gasteiger partial charge in [-0.15, -0.1) is 0 Å². The van der Waals surface area contributed by atoms with E-state index >= 15 is 0 Å². The molecule has 534 valence electrons. The number of H-pyrrole nitrogens is 1. The van der Waals surface area contributed by atoms with Crippen molar-refractivity contribution >= 4 is 93.8 Å². The van der Waals surface area contributed by atoms with Crippen LogP contribution >= 0.6 is 0 Å².